The van der Waals surface area contributed by atoms with Crippen molar-refractivity contribution in [1.29, 1.82) is 0 Å². The predicted octanol–water partition coefficient (Wildman–Crippen LogP) is 3.30. The Bertz CT molecular complexity index is 995. The van der Waals surface area contributed by atoms with Gasteiger partial charge in [0, 0.05) is 18.0 Å². The van der Waals surface area contributed by atoms with Gasteiger partial charge in [0.15, 0.2) is 0 Å². The molecular formula is C21H16N2O4. The molecular weight excluding hydrogens is 344 g/mol. The van der Waals surface area contributed by atoms with Crippen LogP contribution in [0.4, 0.5) is 0 Å². The number of hydrogen-bond donors (Lipinski definition) is 1. The highest BCUT2D eigenvalue weighted by Crippen LogP contribution is 2.39. The fourth-order valence-electron chi connectivity index (χ4n) is 3.25. The first-order chi connectivity index (χ1) is 13.2. The normalized spacial score (nSPS) is 18.8. The van der Waals surface area contributed by atoms with Crippen molar-refractivity contribution >= 4 is 17.4 Å². The number of aromatic nitrogens is 1. The summed E-state index contributed by atoms with van der Waals surface area (Å²) >= 11 is 0. The van der Waals surface area contributed by atoms with Crippen molar-refractivity contribution in [3.8, 4) is 0 Å². The van der Waals surface area contributed by atoms with Gasteiger partial charge in [-0.15, -0.1) is 0 Å². The molecule has 3 aromatic rings. The Kier molecular flexibility index (Phi) is 4.30. The molecule has 1 aliphatic heterocycles. The largest absolute Gasteiger partial charge is 0.507 e. The number of carbonyl (C=O) groups is 2. The zero-order valence-electron chi connectivity index (χ0n) is 14.3. The molecule has 0 unspecified atom stereocenters. The lowest BCUT2D eigenvalue weighted by Crippen LogP contribution is -2.29. The molecule has 0 spiro atoms. The molecule has 1 aromatic carbocycles. The number of benzene rings is 1. The summed E-state index contributed by atoms with van der Waals surface area (Å²) < 4.78 is 5.34. The molecule has 1 N–H and O–H groups in total. The van der Waals surface area contributed by atoms with Crippen molar-refractivity contribution in [3.63, 3.8) is 0 Å². The molecule has 0 aliphatic carbocycles. The number of hydrogen-bond acceptors (Lipinski definition) is 5. The number of pyridine rings is 1. The topological polar surface area (TPSA) is 83.6 Å². The van der Waals surface area contributed by atoms with Gasteiger partial charge in [0.1, 0.15) is 11.5 Å². The second-order valence-corrected chi connectivity index (χ2v) is 6.16. The monoisotopic (exact) mass is 360 g/mol. The van der Waals surface area contributed by atoms with Gasteiger partial charge in [-0.25, -0.2) is 0 Å². The first kappa shape index (κ1) is 16.8. The van der Waals surface area contributed by atoms with E-state index in [9.17, 15) is 14.7 Å². The van der Waals surface area contributed by atoms with E-state index in [4.69, 9.17) is 4.42 Å². The quantitative estimate of drug-likeness (QED) is 0.438. The van der Waals surface area contributed by atoms with Crippen molar-refractivity contribution in [1.82, 2.24) is 9.88 Å². The van der Waals surface area contributed by atoms with Crippen molar-refractivity contribution in [2.24, 2.45) is 0 Å². The van der Waals surface area contributed by atoms with Crippen LogP contribution in [0.1, 0.15) is 22.9 Å². The Labute approximate surface area is 155 Å². The predicted molar refractivity (Wildman–Crippen MR) is 97.2 cm³/mol. The van der Waals surface area contributed by atoms with E-state index in [2.05, 4.69) is 4.98 Å². The van der Waals surface area contributed by atoms with Crippen molar-refractivity contribution in [2.45, 2.75) is 12.6 Å². The Morgan fingerprint density at radius 2 is 1.89 bits per heavy atom. The lowest BCUT2D eigenvalue weighted by Gasteiger charge is -2.24. The number of carbonyl (C=O) groups excluding carboxylic acids is 2. The molecule has 134 valence electrons. The average molecular weight is 360 g/mol. The number of furan rings is 1. The number of nitrogens with zero attached hydrogens (tertiary/aromatic N) is 2. The van der Waals surface area contributed by atoms with Gasteiger partial charge < -0.3 is 14.4 Å². The molecule has 3 heterocycles. The van der Waals surface area contributed by atoms with E-state index in [-0.39, 0.29) is 17.9 Å². The standard InChI is InChI=1S/C21H16N2O4/c24-19(14-6-2-1-3-7-14)17-18(15-8-4-10-22-12-15)23(21(26)20(17)25)13-16-9-5-11-27-16/h1-12,18,24H,13H2/b19-17+/t18-/m1/s1. The first-order valence-corrected chi connectivity index (χ1v) is 8.43. The zero-order chi connectivity index (χ0) is 18.8. The number of amides is 1. The maximum absolute atomic E-state index is 12.8. The van der Waals surface area contributed by atoms with Crippen LogP contribution in [0, 0.1) is 0 Å². The third kappa shape index (κ3) is 3.01. The fourth-order valence-corrected chi connectivity index (χ4v) is 3.25. The number of Topliss-reactive ketones (excluding diaryl/α,β-unsaturated/α-hetero) is 1. The number of rotatable bonds is 4. The molecule has 2 aromatic heterocycles. The molecule has 1 aliphatic rings. The molecule has 4 rings (SSSR count). The SMILES string of the molecule is O=C1C(=O)N(Cc2ccco2)[C@H](c2cccnc2)/C1=C(\O)c1ccccc1. The molecule has 1 saturated heterocycles. The molecule has 6 nitrogen and oxygen atoms in total. The van der Waals surface area contributed by atoms with Crippen LogP contribution in [0.3, 0.4) is 0 Å². The van der Waals surface area contributed by atoms with Gasteiger partial charge in [0.05, 0.1) is 24.4 Å². The second kappa shape index (κ2) is 6.92. The maximum Gasteiger partial charge on any atom is 0.296 e. The lowest BCUT2D eigenvalue weighted by molar-refractivity contribution is -0.140. The van der Waals surface area contributed by atoms with Crippen LogP contribution in [0.15, 0.2) is 83.2 Å². The molecule has 1 amide bonds. The van der Waals surface area contributed by atoms with E-state index in [0.717, 1.165) is 0 Å². The van der Waals surface area contributed by atoms with E-state index < -0.39 is 17.7 Å². The summed E-state index contributed by atoms with van der Waals surface area (Å²) in [6, 6.07) is 14.9. The Morgan fingerprint density at radius 1 is 1.07 bits per heavy atom. The summed E-state index contributed by atoms with van der Waals surface area (Å²) in [5.74, 6) is -1.07. The molecule has 0 bridgehead atoms. The highest BCUT2D eigenvalue weighted by Gasteiger charge is 2.46. The molecule has 27 heavy (non-hydrogen) atoms. The molecule has 6 heteroatoms. The van der Waals surface area contributed by atoms with Crippen LogP contribution in [0.25, 0.3) is 5.76 Å². The Balaban J connectivity index is 1.86. The van der Waals surface area contributed by atoms with Crippen molar-refractivity contribution in [3.05, 3.63) is 95.7 Å². The minimum absolute atomic E-state index is 0.0470. The summed E-state index contributed by atoms with van der Waals surface area (Å²) in [5.41, 5.74) is 1.16. The number of aliphatic hydroxyl groups is 1. The third-order valence-electron chi connectivity index (χ3n) is 4.49. The van der Waals surface area contributed by atoms with E-state index in [1.807, 2.05) is 6.07 Å². The highest BCUT2D eigenvalue weighted by molar-refractivity contribution is 6.46. The molecule has 0 radical (unpaired) electrons. The van der Waals surface area contributed by atoms with Crippen LogP contribution in [0.2, 0.25) is 0 Å². The van der Waals surface area contributed by atoms with Gasteiger partial charge in [-0.2, -0.15) is 0 Å². The molecule has 1 atom stereocenters. The number of aliphatic hydroxyl groups excluding tert-OH is 1. The summed E-state index contributed by atoms with van der Waals surface area (Å²) in [4.78, 5) is 31.0. The summed E-state index contributed by atoms with van der Waals surface area (Å²) in [6.45, 7) is 0.114. The van der Waals surface area contributed by atoms with E-state index in [1.165, 1.54) is 11.2 Å². The second-order valence-electron chi connectivity index (χ2n) is 6.16. The Hall–Kier alpha value is -3.67. The highest BCUT2D eigenvalue weighted by atomic mass is 16.3. The van der Waals surface area contributed by atoms with E-state index >= 15 is 0 Å². The van der Waals surface area contributed by atoms with Gasteiger partial charge in [0.2, 0.25) is 0 Å². The Morgan fingerprint density at radius 3 is 2.56 bits per heavy atom. The lowest BCUT2D eigenvalue weighted by atomic mass is 9.96. The summed E-state index contributed by atoms with van der Waals surface area (Å²) in [7, 11) is 0. The van der Waals surface area contributed by atoms with Crippen molar-refractivity contribution in [2.75, 3.05) is 0 Å². The van der Waals surface area contributed by atoms with Crippen LogP contribution in [-0.2, 0) is 16.1 Å². The van der Waals surface area contributed by atoms with Gasteiger partial charge in [-0.1, -0.05) is 36.4 Å². The minimum atomic E-state index is -0.746. The maximum atomic E-state index is 12.8. The summed E-state index contributed by atoms with van der Waals surface area (Å²) in [6.07, 6.45) is 4.71. The first-order valence-electron chi connectivity index (χ1n) is 8.43. The van der Waals surface area contributed by atoms with Crippen LogP contribution < -0.4 is 0 Å². The zero-order valence-corrected chi connectivity index (χ0v) is 14.3. The van der Waals surface area contributed by atoms with E-state index in [1.54, 1.807) is 60.9 Å². The van der Waals surface area contributed by atoms with Gasteiger partial charge >= 0.3 is 0 Å². The minimum Gasteiger partial charge on any atom is -0.507 e. The van der Waals surface area contributed by atoms with Crippen LogP contribution in [0.5, 0.6) is 0 Å². The van der Waals surface area contributed by atoms with E-state index in [0.29, 0.717) is 16.9 Å². The average Bonchev–Trinajstić information content (AvgIpc) is 3.31. The van der Waals surface area contributed by atoms with Crippen LogP contribution in [-0.4, -0.2) is 26.7 Å². The molecule has 1 fully saturated rings. The smallest absolute Gasteiger partial charge is 0.296 e. The molecule has 0 saturated carbocycles. The van der Waals surface area contributed by atoms with Gasteiger partial charge in [-0.05, 0) is 23.8 Å². The third-order valence-corrected chi connectivity index (χ3v) is 4.49. The van der Waals surface area contributed by atoms with Crippen molar-refractivity contribution < 1.29 is 19.1 Å². The van der Waals surface area contributed by atoms with Crippen LogP contribution >= 0.6 is 0 Å². The number of likely N-dealkylation sites (tertiary alicyclic amines) is 1. The fraction of sp³-hybridized carbons (Fsp3) is 0.0952. The summed E-state index contributed by atoms with van der Waals surface area (Å²) in [5, 5.41) is 10.8. The number of ketones is 1. The van der Waals surface area contributed by atoms with Gasteiger partial charge in [0.25, 0.3) is 11.7 Å². The van der Waals surface area contributed by atoms with Gasteiger partial charge in [-0.3, -0.25) is 14.6 Å².